The summed E-state index contributed by atoms with van der Waals surface area (Å²) in [6.45, 7) is 1.84. The summed E-state index contributed by atoms with van der Waals surface area (Å²) in [6.07, 6.45) is -0.0827. The lowest BCUT2D eigenvalue weighted by molar-refractivity contribution is -0.141. The molecule has 0 aliphatic carbocycles. The molecule has 26 heavy (non-hydrogen) atoms. The number of hydrogen-bond donors (Lipinski definition) is 1. The molecular formula is C18H20ClNO5S. The molecule has 140 valence electrons. The molecular weight excluding hydrogens is 378 g/mol. The second-order valence-electron chi connectivity index (χ2n) is 5.85. The lowest BCUT2D eigenvalue weighted by atomic mass is 10.1. The number of nitrogens with zero attached hydrogens (tertiary/aromatic N) is 1. The van der Waals surface area contributed by atoms with Crippen LogP contribution in [0.15, 0.2) is 47.4 Å². The van der Waals surface area contributed by atoms with E-state index in [1.165, 1.54) is 26.3 Å². The Labute approximate surface area is 158 Å². The van der Waals surface area contributed by atoms with Crippen molar-refractivity contribution in [1.29, 1.82) is 0 Å². The fourth-order valence-corrected chi connectivity index (χ4v) is 4.04. The monoisotopic (exact) mass is 397 g/mol. The quantitative estimate of drug-likeness (QED) is 0.776. The van der Waals surface area contributed by atoms with E-state index in [-0.39, 0.29) is 11.3 Å². The lowest BCUT2D eigenvalue weighted by Crippen LogP contribution is -2.43. The van der Waals surface area contributed by atoms with Crippen LogP contribution < -0.4 is 4.74 Å². The van der Waals surface area contributed by atoms with E-state index in [0.717, 1.165) is 9.87 Å². The summed E-state index contributed by atoms with van der Waals surface area (Å²) in [5.41, 5.74) is 1.42. The zero-order valence-corrected chi connectivity index (χ0v) is 16.2. The summed E-state index contributed by atoms with van der Waals surface area (Å²) in [7, 11) is -1.26. The highest BCUT2D eigenvalue weighted by molar-refractivity contribution is 7.89. The fraction of sp³-hybridized carbons (Fsp3) is 0.278. The van der Waals surface area contributed by atoms with Gasteiger partial charge in [-0.1, -0.05) is 29.3 Å². The molecule has 2 aromatic carbocycles. The smallest absolute Gasteiger partial charge is 0.322 e. The van der Waals surface area contributed by atoms with Crippen LogP contribution in [0, 0.1) is 6.92 Å². The minimum Gasteiger partial charge on any atom is -0.496 e. The van der Waals surface area contributed by atoms with Gasteiger partial charge in [-0.05, 0) is 42.8 Å². The van der Waals surface area contributed by atoms with Crippen LogP contribution in [0.2, 0.25) is 5.02 Å². The highest BCUT2D eigenvalue weighted by atomic mass is 35.5. The molecule has 2 aromatic rings. The number of benzene rings is 2. The topological polar surface area (TPSA) is 83.9 Å². The molecule has 0 saturated heterocycles. The number of aliphatic carboxylic acids is 1. The summed E-state index contributed by atoms with van der Waals surface area (Å²) in [5, 5.41) is 10.0. The van der Waals surface area contributed by atoms with Crippen LogP contribution in [-0.4, -0.2) is 44.0 Å². The highest BCUT2D eigenvalue weighted by Crippen LogP contribution is 2.26. The van der Waals surface area contributed by atoms with Crippen molar-refractivity contribution >= 4 is 27.6 Å². The van der Waals surface area contributed by atoms with Crippen LogP contribution in [0.5, 0.6) is 5.75 Å². The Bertz CT molecular complexity index is 896. The average molecular weight is 398 g/mol. The van der Waals surface area contributed by atoms with Crippen molar-refractivity contribution in [3.05, 3.63) is 58.6 Å². The van der Waals surface area contributed by atoms with Crippen molar-refractivity contribution in [2.75, 3.05) is 14.2 Å². The van der Waals surface area contributed by atoms with Crippen LogP contribution in [0.4, 0.5) is 0 Å². The van der Waals surface area contributed by atoms with Gasteiger partial charge in [-0.15, -0.1) is 0 Å². The van der Waals surface area contributed by atoms with E-state index in [2.05, 4.69) is 0 Å². The van der Waals surface area contributed by atoms with E-state index in [1.807, 2.05) is 6.92 Å². The number of rotatable bonds is 7. The van der Waals surface area contributed by atoms with E-state index in [1.54, 1.807) is 30.3 Å². The van der Waals surface area contributed by atoms with E-state index in [9.17, 15) is 18.3 Å². The predicted octanol–water partition coefficient (Wildman–Crippen LogP) is 2.97. The summed E-state index contributed by atoms with van der Waals surface area (Å²) in [6, 6.07) is 9.74. The SMILES string of the molecule is COc1ccc(Cl)cc1CC(C(=O)O)N(C)S(=O)(=O)c1ccc(C)cc1. The summed E-state index contributed by atoms with van der Waals surface area (Å²) in [4.78, 5) is 11.8. The zero-order chi connectivity index (χ0) is 19.5. The Balaban J connectivity index is 2.39. The summed E-state index contributed by atoms with van der Waals surface area (Å²) in [5.74, 6) is -0.813. The molecule has 0 heterocycles. The molecule has 8 heteroatoms. The number of sulfonamides is 1. The van der Waals surface area contributed by atoms with Crippen molar-refractivity contribution in [2.24, 2.45) is 0 Å². The number of carboxylic acid groups (broad SMARTS) is 1. The first-order chi connectivity index (χ1) is 12.2. The van der Waals surface area contributed by atoms with Crippen LogP contribution in [0.25, 0.3) is 0 Å². The van der Waals surface area contributed by atoms with Gasteiger partial charge < -0.3 is 9.84 Å². The molecule has 2 rings (SSSR count). The Morgan fingerprint density at radius 2 is 1.85 bits per heavy atom. The first-order valence-electron chi connectivity index (χ1n) is 7.76. The minimum atomic E-state index is -3.97. The number of hydrogen-bond acceptors (Lipinski definition) is 4. The third-order valence-corrected chi connectivity index (χ3v) is 6.19. The molecule has 0 amide bonds. The third-order valence-electron chi connectivity index (χ3n) is 4.08. The van der Waals surface area contributed by atoms with Crippen LogP contribution in [0.3, 0.4) is 0 Å². The van der Waals surface area contributed by atoms with Crippen LogP contribution in [-0.2, 0) is 21.2 Å². The Hall–Kier alpha value is -2.09. The second-order valence-corrected chi connectivity index (χ2v) is 8.28. The van der Waals surface area contributed by atoms with Crippen LogP contribution in [0.1, 0.15) is 11.1 Å². The van der Waals surface area contributed by atoms with Crippen molar-refractivity contribution in [3.63, 3.8) is 0 Å². The number of aryl methyl sites for hydroxylation is 1. The molecule has 1 atom stereocenters. The molecule has 1 N–H and O–H groups in total. The molecule has 0 fully saturated rings. The van der Waals surface area contributed by atoms with Gasteiger partial charge in [0.2, 0.25) is 10.0 Å². The molecule has 0 aliphatic rings. The number of carbonyl (C=O) groups is 1. The Morgan fingerprint density at radius 1 is 1.23 bits per heavy atom. The molecule has 0 radical (unpaired) electrons. The van der Waals surface area contributed by atoms with Gasteiger partial charge in [-0.25, -0.2) is 8.42 Å². The number of carboxylic acids is 1. The Kier molecular flexibility index (Phi) is 6.28. The maximum absolute atomic E-state index is 12.8. The van der Waals surface area contributed by atoms with E-state index < -0.39 is 22.0 Å². The minimum absolute atomic E-state index is 0.0370. The fourth-order valence-electron chi connectivity index (χ4n) is 2.53. The number of likely N-dealkylation sites (N-methyl/N-ethyl adjacent to an activating group) is 1. The molecule has 0 saturated carbocycles. The normalized spacial score (nSPS) is 12.8. The maximum atomic E-state index is 12.8. The van der Waals surface area contributed by atoms with Gasteiger partial charge in [-0.3, -0.25) is 4.79 Å². The van der Waals surface area contributed by atoms with Gasteiger partial charge in [0.05, 0.1) is 12.0 Å². The molecule has 0 spiro atoms. The zero-order valence-electron chi connectivity index (χ0n) is 14.6. The van der Waals surface area contributed by atoms with Crippen molar-refractivity contribution in [2.45, 2.75) is 24.3 Å². The van der Waals surface area contributed by atoms with Gasteiger partial charge in [-0.2, -0.15) is 4.31 Å². The van der Waals surface area contributed by atoms with Crippen LogP contribution >= 0.6 is 11.6 Å². The first kappa shape index (κ1) is 20.2. The van der Waals surface area contributed by atoms with Crippen molar-refractivity contribution < 1.29 is 23.1 Å². The lowest BCUT2D eigenvalue weighted by Gasteiger charge is -2.25. The second kappa shape index (κ2) is 8.07. The van der Waals surface area contributed by atoms with Gasteiger partial charge in [0, 0.05) is 18.5 Å². The van der Waals surface area contributed by atoms with Gasteiger partial charge in [0.15, 0.2) is 0 Å². The largest absolute Gasteiger partial charge is 0.496 e. The highest BCUT2D eigenvalue weighted by Gasteiger charge is 2.33. The Morgan fingerprint density at radius 3 is 2.38 bits per heavy atom. The maximum Gasteiger partial charge on any atom is 0.322 e. The third kappa shape index (κ3) is 4.35. The molecule has 0 aromatic heterocycles. The molecule has 0 bridgehead atoms. The standard InChI is InChI=1S/C18H20ClNO5S/c1-12-4-7-15(8-5-12)26(23,24)20(2)16(18(21)22)11-13-10-14(19)6-9-17(13)25-3/h4-10,16H,11H2,1-3H3,(H,21,22). The molecule has 0 aliphatic heterocycles. The number of methoxy groups -OCH3 is 1. The van der Waals surface area contributed by atoms with Gasteiger partial charge >= 0.3 is 5.97 Å². The number of halogens is 1. The first-order valence-corrected chi connectivity index (χ1v) is 9.58. The van der Waals surface area contributed by atoms with Gasteiger partial charge in [0.25, 0.3) is 0 Å². The molecule has 1 unspecified atom stereocenters. The molecule has 6 nitrogen and oxygen atoms in total. The average Bonchev–Trinajstić information content (AvgIpc) is 2.59. The summed E-state index contributed by atoms with van der Waals surface area (Å²) >= 11 is 5.98. The predicted molar refractivity (Wildman–Crippen MR) is 99.3 cm³/mol. The van der Waals surface area contributed by atoms with Crippen molar-refractivity contribution in [3.8, 4) is 5.75 Å². The van der Waals surface area contributed by atoms with E-state index in [0.29, 0.717) is 16.3 Å². The summed E-state index contributed by atoms with van der Waals surface area (Å²) < 4.78 is 31.7. The van der Waals surface area contributed by atoms with Gasteiger partial charge in [0.1, 0.15) is 11.8 Å². The van der Waals surface area contributed by atoms with E-state index >= 15 is 0 Å². The van der Waals surface area contributed by atoms with E-state index in [4.69, 9.17) is 16.3 Å². The number of ether oxygens (including phenoxy) is 1. The van der Waals surface area contributed by atoms with Crippen molar-refractivity contribution in [1.82, 2.24) is 4.31 Å².